The molecule has 86 valence electrons. The minimum atomic E-state index is 0.460. The van der Waals surface area contributed by atoms with Crippen molar-refractivity contribution >= 4 is 5.82 Å². The zero-order valence-corrected chi connectivity index (χ0v) is 9.50. The molecule has 3 rings (SSSR count). The van der Waals surface area contributed by atoms with E-state index in [1.165, 1.54) is 30.5 Å². The summed E-state index contributed by atoms with van der Waals surface area (Å²) in [6.45, 7) is 2.12. The van der Waals surface area contributed by atoms with Crippen LogP contribution in [-0.4, -0.2) is 23.1 Å². The van der Waals surface area contributed by atoms with Crippen molar-refractivity contribution in [3.8, 4) is 0 Å². The summed E-state index contributed by atoms with van der Waals surface area (Å²) in [6, 6.07) is 0. The molecule has 1 aliphatic heterocycles. The van der Waals surface area contributed by atoms with Crippen LogP contribution in [-0.2, 0) is 12.8 Å². The molecule has 0 amide bonds. The first-order chi connectivity index (χ1) is 7.84. The SMILES string of the molecule is Nc1nc(C2CCCNC2)nc2c1CCC2. The topological polar surface area (TPSA) is 63.8 Å². The lowest BCUT2D eigenvalue weighted by Gasteiger charge is -2.22. The molecule has 2 aliphatic rings. The smallest absolute Gasteiger partial charge is 0.135 e. The maximum Gasteiger partial charge on any atom is 0.135 e. The Labute approximate surface area is 95.7 Å². The Morgan fingerprint density at radius 2 is 2.12 bits per heavy atom. The zero-order chi connectivity index (χ0) is 11.0. The third kappa shape index (κ3) is 1.67. The monoisotopic (exact) mass is 218 g/mol. The highest BCUT2D eigenvalue weighted by Crippen LogP contribution is 2.28. The normalized spacial score (nSPS) is 24.4. The van der Waals surface area contributed by atoms with Crippen molar-refractivity contribution in [3.63, 3.8) is 0 Å². The summed E-state index contributed by atoms with van der Waals surface area (Å²) < 4.78 is 0. The van der Waals surface area contributed by atoms with E-state index in [1.807, 2.05) is 0 Å². The van der Waals surface area contributed by atoms with E-state index in [0.717, 1.165) is 37.6 Å². The van der Waals surface area contributed by atoms with Crippen LogP contribution < -0.4 is 11.1 Å². The molecule has 0 radical (unpaired) electrons. The van der Waals surface area contributed by atoms with Gasteiger partial charge in [-0.25, -0.2) is 9.97 Å². The van der Waals surface area contributed by atoms with Gasteiger partial charge in [-0.1, -0.05) is 0 Å². The number of rotatable bonds is 1. The van der Waals surface area contributed by atoms with Gasteiger partial charge in [-0.3, -0.25) is 0 Å². The molecule has 1 aromatic rings. The highest BCUT2D eigenvalue weighted by Gasteiger charge is 2.23. The average Bonchev–Trinajstić information content (AvgIpc) is 2.79. The molecular formula is C12H18N4. The van der Waals surface area contributed by atoms with Crippen LogP contribution in [0.1, 0.15) is 42.3 Å². The molecule has 1 saturated heterocycles. The van der Waals surface area contributed by atoms with Gasteiger partial charge in [0.2, 0.25) is 0 Å². The first kappa shape index (κ1) is 10.0. The van der Waals surface area contributed by atoms with Crippen LogP contribution >= 0.6 is 0 Å². The Bertz CT molecular complexity index is 396. The molecule has 2 heterocycles. The lowest BCUT2D eigenvalue weighted by molar-refractivity contribution is 0.446. The number of hydrogen-bond donors (Lipinski definition) is 2. The number of hydrogen-bond acceptors (Lipinski definition) is 4. The molecule has 0 bridgehead atoms. The number of nitrogen functional groups attached to an aromatic ring is 1. The summed E-state index contributed by atoms with van der Waals surface area (Å²) in [7, 11) is 0. The molecule has 4 heteroatoms. The summed E-state index contributed by atoms with van der Waals surface area (Å²) in [4.78, 5) is 9.20. The van der Waals surface area contributed by atoms with Gasteiger partial charge in [0.1, 0.15) is 11.6 Å². The van der Waals surface area contributed by atoms with Crippen LogP contribution in [0.3, 0.4) is 0 Å². The second-order valence-electron chi connectivity index (χ2n) is 4.79. The number of nitrogens with zero attached hydrogens (tertiary/aromatic N) is 2. The summed E-state index contributed by atoms with van der Waals surface area (Å²) in [5.74, 6) is 2.15. The zero-order valence-electron chi connectivity index (χ0n) is 9.50. The minimum absolute atomic E-state index is 0.460. The standard InChI is InChI=1S/C12H18N4/c13-11-9-4-1-5-10(9)15-12(16-11)8-3-2-6-14-7-8/h8,14H,1-7H2,(H2,13,15,16). The molecule has 3 N–H and O–H groups in total. The summed E-state index contributed by atoms with van der Waals surface area (Å²) in [5, 5.41) is 3.40. The maximum absolute atomic E-state index is 6.01. The molecule has 0 aromatic carbocycles. The second-order valence-corrected chi connectivity index (χ2v) is 4.79. The third-order valence-corrected chi connectivity index (χ3v) is 3.64. The molecule has 1 aromatic heterocycles. The van der Waals surface area contributed by atoms with Crippen LogP contribution in [0.25, 0.3) is 0 Å². The number of piperidine rings is 1. The molecule has 1 aliphatic carbocycles. The Morgan fingerprint density at radius 1 is 1.19 bits per heavy atom. The van der Waals surface area contributed by atoms with Gasteiger partial charge in [-0.15, -0.1) is 0 Å². The molecule has 0 spiro atoms. The number of nitrogens with one attached hydrogen (secondary N) is 1. The fourth-order valence-corrected chi connectivity index (χ4v) is 2.74. The lowest BCUT2D eigenvalue weighted by Crippen LogP contribution is -2.29. The molecule has 0 saturated carbocycles. The number of nitrogens with two attached hydrogens (primary N) is 1. The minimum Gasteiger partial charge on any atom is -0.383 e. The fraction of sp³-hybridized carbons (Fsp3) is 0.667. The van der Waals surface area contributed by atoms with Crippen LogP contribution in [0.15, 0.2) is 0 Å². The van der Waals surface area contributed by atoms with Crippen molar-refractivity contribution in [2.24, 2.45) is 0 Å². The average molecular weight is 218 g/mol. The van der Waals surface area contributed by atoms with Crippen molar-refractivity contribution in [1.82, 2.24) is 15.3 Å². The van der Waals surface area contributed by atoms with E-state index in [9.17, 15) is 0 Å². The third-order valence-electron chi connectivity index (χ3n) is 3.64. The molecule has 4 nitrogen and oxygen atoms in total. The molecular weight excluding hydrogens is 200 g/mol. The van der Waals surface area contributed by atoms with Gasteiger partial charge in [0.05, 0.1) is 0 Å². The van der Waals surface area contributed by atoms with E-state index in [1.54, 1.807) is 0 Å². The van der Waals surface area contributed by atoms with Crippen molar-refractivity contribution in [3.05, 3.63) is 17.1 Å². The van der Waals surface area contributed by atoms with Crippen molar-refractivity contribution in [1.29, 1.82) is 0 Å². The van der Waals surface area contributed by atoms with Crippen molar-refractivity contribution < 1.29 is 0 Å². The number of aryl methyl sites for hydroxylation is 1. The van der Waals surface area contributed by atoms with Crippen molar-refractivity contribution in [2.75, 3.05) is 18.8 Å². The van der Waals surface area contributed by atoms with E-state index in [0.29, 0.717) is 5.92 Å². The van der Waals surface area contributed by atoms with Crippen LogP contribution in [0.4, 0.5) is 5.82 Å². The lowest BCUT2D eigenvalue weighted by atomic mass is 9.98. The first-order valence-corrected chi connectivity index (χ1v) is 6.20. The Balaban J connectivity index is 1.92. The number of anilines is 1. The second kappa shape index (κ2) is 4.01. The maximum atomic E-state index is 6.01. The molecule has 1 fully saturated rings. The van der Waals surface area contributed by atoms with E-state index in [4.69, 9.17) is 10.7 Å². The van der Waals surface area contributed by atoms with Gasteiger partial charge in [0, 0.05) is 23.7 Å². The quantitative estimate of drug-likeness (QED) is 0.738. The molecule has 1 atom stereocenters. The Kier molecular flexibility index (Phi) is 2.52. The van der Waals surface area contributed by atoms with Gasteiger partial charge in [0.15, 0.2) is 0 Å². The Hall–Kier alpha value is -1.16. The predicted octanol–water partition coefficient (Wildman–Crippen LogP) is 1.01. The number of fused-ring (bicyclic) bond motifs is 1. The van der Waals surface area contributed by atoms with Gasteiger partial charge < -0.3 is 11.1 Å². The first-order valence-electron chi connectivity index (χ1n) is 6.20. The molecule has 16 heavy (non-hydrogen) atoms. The largest absolute Gasteiger partial charge is 0.383 e. The van der Waals surface area contributed by atoms with Gasteiger partial charge in [0.25, 0.3) is 0 Å². The van der Waals surface area contributed by atoms with E-state index >= 15 is 0 Å². The van der Waals surface area contributed by atoms with E-state index in [-0.39, 0.29) is 0 Å². The highest BCUT2D eigenvalue weighted by atomic mass is 15.0. The van der Waals surface area contributed by atoms with Crippen LogP contribution in [0.2, 0.25) is 0 Å². The van der Waals surface area contributed by atoms with Gasteiger partial charge in [-0.05, 0) is 38.6 Å². The fourth-order valence-electron chi connectivity index (χ4n) is 2.74. The van der Waals surface area contributed by atoms with E-state index < -0.39 is 0 Å². The van der Waals surface area contributed by atoms with Crippen molar-refractivity contribution in [2.45, 2.75) is 38.0 Å². The number of aromatic nitrogens is 2. The predicted molar refractivity (Wildman–Crippen MR) is 63.3 cm³/mol. The van der Waals surface area contributed by atoms with E-state index in [2.05, 4.69) is 10.3 Å². The van der Waals surface area contributed by atoms with Gasteiger partial charge in [-0.2, -0.15) is 0 Å². The van der Waals surface area contributed by atoms with Crippen LogP contribution in [0.5, 0.6) is 0 Å². The molecule has 1 unspecified atom stereocenters. The van der Waals surface area contributed by atoms with Crippen LogP contribution in [0, 0.1) is 0 Å². The summed E-state index contributed by atoms with van der Waals surface area (Å²) >= 11 is 0. The summed E-state index contributed by atoms with van der Waals surface area (Å²) in [5.41, 5.74) is 8.41. The summed E-state index contributed by atoms with van der Waals surface area (Å²) in [6.07, 6.45) is 5.72. The highest BCUT2D eigenvalue weighted by molar-refractivity contribution is 5.45. The Morgan fingerprint density at radius 3 is 2.94 bits per heavy atom. The van der Waals surface area contributed by atoms with Gasteiger partial charge >= 0.3 is 0 Å².